The van der Waals surface area contributed by atoms with Crippen LogP contribution < -0.4 is 9.82 Å². The molecule has 1 aliphatic heterocycles. The number of hydrogen-bond acceptors (Lipinski definition) is 2. The first-order chi connectivity index (χ1) is 10.0. The van der Waals surface area contributed by atoms with Crippen LogP contribution in [0.15, 0.2) is 24.3 Å². The van der Waals surface area contributed by atoms with E-state index >= 15 is 0 Å². The van der Waals surface area contributed by atoms with E-state index in [1.165, 1.54) is 31.3 Å². The van der Waals surface area contributed by atoms with E-state index in [-0.39, 0.29) is 0 Å². The monoisotopic (exact) mass is 317 g/mol. The lowest BCUT2D eigenvalue weighted by Crippen LogP contribution is -2.35. The van der Waals surface area contributed by atoms with Crippen molar-refractivity contribution in [2.45, 2.75) is 45.3 Å². The Labute approximate surface area is 133 Å². The van der Waals surface area contributed by atoms with E-state index in [9.17, 15) is 0 Å². The molecule has 1 nitrogen and oxygen atoms in total. The van der Waals surface area contributed by atoms with Crippen molar-refractivity contribution in [3.05, 3.63) is 29.8 Å². The van der Waals surface area contributed by atoms with Crippen molar-refractivity contribution in [2.24, 2.45) is 5.92 Å². The van der Waals surface area contributed by atoms with E-state index < -0.39 is 8.07 Å². The number of rotatable bonds is 3. The predicted octanol–water partition coefficient (Wildman–Crippen LogP) is 4.55. The molecule has 2 heterocycles. The zero-order valence-electron chi connectivity index (χ0n) is 13.7. The van der Waals surface area contributed by atoms with Gasteiger partial charge >= 0.3 is 0 Å². The molecule has 0 amide bonds. The summed E-state index contributed by atoms with van der Waals surface area (Å²) in [6, 6.07) is 9.44. The normalized spacial score (nSPS) is 23.6. The van der Waals surface area contributed by atoms with Gasteiger partial charge in [0, 0.05) is 4.70 Å². The minimum atomic E-state index is -1.21. The van der Waals surface area contributed by atoms with Crippen LogP contribution in [0.1, 0.15) is 31.2 Å². The second-order valence-electron chi connectivity index (χ2n) is 7.39. The van der Waals surface area contributed by atoms with Crippen molar-refractivity contribution < 1.29 is 0 Å². The van der Waals surface area contributed by atoms with Gasteiger partial charge in [0.25, 0.3) is 0 Å². The van der Waals surface area contributed by atoms with Crippen LogP contribution in [0.5, 0.6) is 0 Å². The largest absolute Gasteiger partial charge is 0.316 e. The summed E-state index contributed by atoms with van der Waals surface area (Å²) >= 11 is 2.08. The average Bonchev–Trinajstić information content (AvgIpc) is 2.91. The Morgan fingerprint density at radius 1 is 1.29 bits per heavy atom. The van der Waals surface area contributed by atoms with Crippen LogP contribution in [-0.2, 0) is 0 Å². The maximum atomic E-state index is 3.57. The molecule has 0 bridgehead atoms. The van der Waals surface area contributed by atoms with Crippen molar-refractivity contribution >= 4 is 34.0 Å². The van der Waals surface area contributed by atoms with Crippen molar-refractivity contribution in [1.82, 2.24) is 5.32 Å². The highest BCUT2D eigenvalue weighted by Crippen LogP contribution is 2.38. The summed E-state index contributed by atoms with van der Waals surface area (Å²) < 4.78 is 3.22. The summed E-state index contributed by atoms with van der Waals surface area (Å²) in [6.07, 6.45) is 2.57. The molecule has 0 unspecified atom stereocenters. The summed E-state index contributed by atoms with van der Waals surface area (Å²) in [5.74, 6) is 1.54. The van der Waals surface area contributed by atoms with E-state index in [2.05, 4.69) is 67.5 Å². The maximum Gasteiger partial charge on any atom is 0.0904 e. The second kappa shape index (κ2) is 5.86. The summed E-state index contributed by atoms with van der Waals surface area (Å²) in [6.45, 7) is 12.1. The highest BCUT2D eigenvalue weighted by atomic mass is 32.1. The zero-order chi connectivity index (χ0) is 15.0. The van der Waals surface area contributed by atoms with Gasteiger partial charge in [0.05, 0.1) is 8.07 Å². The Hall–Kier alpha value is -0.643. The molecule has 1 aromatic heterocycles. The smallest absolute Gasteiger partial charge is 0.0904 e. The van der Waals surface area contributed by atoms with Gasteiger partial charge in [0.15, 0.2) is 0 Å². The Balaban J connectivity index is 2.07. The third kappa shape index (κ3) is 2.96. The molecule has 3 rings (SSSR count). The SMILES string of the molecule is CC[C@H]1CNCC[C@H]1c1cccc2cc([Si](C)(C)C)sc12. The van der Waals surface area contributed by atoms with Gasteiger partial charge in [-0.15, -0.1) is 11.3 Å². The van der Waals surface area contributed by atoms with Crippen molar-refractivity contribution in [1.29, 1.82) is 0 Å². The minimum absolute atomic E-state index is 0.744. The van der Waals surface area contributed by atoms with Crippen LogP contribution in [0.3, 0.4) is 0 Å². The summed E-state index contributed by atoms with van der Waals surface area (Å²) in [4.78, 5) is 0. The Kier molecular flexibility index (Phi) is 4.26. The number of fused-ring (bicyclic) bond motifs is 1. The predicted molar refractivity (Wildman–Crippen MR) is 98.8 cm³/mol. The number of benzene rings is 1. The molecule has 1 fully saturated rings. The van der Waals surface area contributed by atoms with E-state index in [0.717, 1.165) is 11.8 Å². The lowest BCUT2D eigenvalue weighted by atomic mass is 9.79. The second-order valence-corrected chi connectivity index (χ2v) is 13.8. The summed E-state index contributed by atoms with van der Waals surface area (Å²) in [7, 11) is -1.21. The third-order valence-electron chi connectivity index (χ3n) is 4.85. The van der Waals surface area contributed by atoms with Crippen LogP contribution >= 0.6 is 11.3 Å². The number of piperidine rings is 1. The zero-order valence-corrected chi connectivity index (χ0v) is 15.5. The molecule has 1 aromatic carbocycles. The first kappa shape index (κ1) is 15.3. The van der Waals surface area contributed by atoms with Gasteiger partial charge in [0.2, 0.25) is 0 Å². The molecule has 0 radical (unpaired) electrons. The molecule has 0 aliphatic carbocycles. The van der Waals surface area contributed by atoms with Gasteiger partial charge in [-0.3, -0.25) is 0 Å². The lowest BCUT2D eigenvalue weighted by molar-refractivity contribution is 0.319. The average molecular weight is 318 g/mol. The topological polar surface area (TPSA) is 12.0 Å². The Morgan fingerprint density at radius 3 is 2.81 bits per heavy atom. The Bertz CT molecular complexity index is 626. The molecular weight excluding hydrogens is 290 g/mol. The van der Waals surface area contributed by atoms with Gasteiger partial charge < -0.3 is 5.32 Å². The fourth-order valence-electron chi connectivity index (χ4n) is 3.51. The number of hydrogen-bond donors (Lipinski definition) is 1. The van der Waals surface area contributed by atoms with Gasteiger partial charge in [-0.05, 0) is 52.9 Å². The van der Waals surface area contributed by atoms with Crippen LogP contribution in [0.4, 0.5) is 0 Å². The minimum Gasteiger partial charge on any atom is -0.316 e. The molecule has 1 aliphatic rings. The molecular formula is C18H27NSSi. The molecule has 2 atom stereocenters. The van der Waals surface area contributed by atoms with Gasteiger partial charge in [-0.1, -0.05) is 51.2 Å². The van der Waals surface area contributed by atoms with Crippen LogP contribution in [-0.4, -0.2) is 21.2 Å². The molecule has 0 spiro atoms. The highest BCUT2D eigenvalue weighted by Gasteiger charge is 2.27. The number of nitrogens with one attached hydrogen (secondary N) is 1. The molecule has 21 heavy (non-hydrogen) atoms. The molecule has 3 heteroatoms. The molecule has 114 valence electrons. The van der Waals surface area contributed by atoms with E-state index in [0.29, 0.717) is 0 Å². The van der Waals surface area contributed by atoms with Gasteiger partial charge in [0.1, 0.15) is 0 Å². The van der Waals surface area contributed by atoms with Gasteiger partial charge in [-0.2, -0.15) is 0 Å². The van der Waals surface area contributed by atoms with E-state index in [1.807, 2.05) is 0 Å². The fourth-order valence-corrected chi connectivity index (χ4v) is 6.62. The van der Waals surface area contributed by atoms with Crippen LogP contribution in [0.25, 0.3) is 10.1 Å². The van der Waals surface area contributed by atoms with Crippen molar-refractivity contribution in [3.8, 4) is 0 Å². The maximum absolute atomic E-state index is 3.57. The van der Waals surface area contributed by atoms with Gasteiger partial charge in [-0.25, -0.2) is 0 Å². The Morgan fingerprint density at radius 2 is 2.10 bits per heavy atom. The molecule has 1 N–H and O–H groups in total. The number of thiophene rings is 1. The van der Waals surface area contributed by atoms with Crippen LogP contribution in [0, 0.1) is 5.92 Å². The quantitative estimate of drug-likeness (QED) is 0.819. The van der Waals surface area contributed by atoms with E-state index in [4.69, 9.17) is 0 Å². The van der Waals surface area contributed by atoms with E-state index in [1.54, 1.807) is 14.8 Å². The molecule has 1 saturated heterocycles. The summed E-state index contributed by atoms with van der Waals surface area (Å²) in [5, 5.41) is 5.05. The fraction of sp³-hybridized carbons (Fsp3) is 0.556. The molecule has 2 aromatic rings. The van der Waals surface area contributed by atoms with Crippen LogP contribution in [0.2, 0.25) is 19.6 Å². The highest BCUT2D eigenvalue weighted by molar-refractivity contribution is 7.31. The first-order valence-corrected chi connectivity index (χ1v) is 12.6. The lowest BCUT2D eigenvalue weighted by Gasteiger charge is -2.32. The molecule has 0 saturated carbocycles. The third-order valence-corrected chi connectivity index (χ3v) is 9.62. The van der Waals surface area contributed by atoms with Crippen molar-refractivity contribution in [3.63, 3.8) is 0 Å². The summed E-state index contributed by atoms with van der Waals surface area (Å²) in [5.41, 5.74) is 1.62. The standard InChI is InChI=1S/C18H27NSSi/c1-5-13-12-19-10-9-15(13)16-8-6-7-14-11-17(20-18(14)16)21(2,3)4/h6-8,11,13,15,19H,5,9-10,12H2,1-4H3/t13-,15+/m0/s1. The van der Waals surface area contributed by atoms with Crippen molar-refractivity contribution in [2.75, 3.05) is 13.1 Å². The first-order valence-electron chi connectivity index (χ1n) is 8.24.